The van der Waals surface area contributed by atoms with Gasteiger partial charge in [-0.25, -0.2) is 4.79 Å². The molecule has 2 rings (SSSR count). The molecule has 2 aromatic rings. The standard InChI is InChI=1S/C30H42N4O6/c35-27(31-19-9-10-21-33-29(37)40-24-26-15-5-2-6-16-26)17-7-8-18-28(36)32-20-11-12-22-34(30(38)39)23-25-13-3-1-4-14-25/h1-6,13-16H,7-12,17-24H2,(H,31,35)(H,32,36)(H,33,37)(H,38,39)/p-1. The summed E-state index contributed by atoms with van der Waals surface area (Å²) in [6.45, 7) is 2.34. The van der Waals surface area contributed by atoms with E-state index in [1.807, 2.05) is 60.7 Å². The van der Waals surface area contributed by atoms with Crippen LogP contribution in [0.2, 0.25) is 0 Å². The van der Waals surface area contributed by atoms with E-state index >= 15 is 0 Å². The van der Waals surface area contributed by atoms with E-state index in [1.165, 1.54) is 4.90 Å². The summed E-state index contributed by atoms with van der Waals surface area (Å²) < 4.78 is 5.14. The van der Waals surface area contributed by atoms with Crippen molar-refractivity contribution < 1.29 is 29.0 Å². The molecule has 0 aromatic heterocycles. The highest BCUT2D eigenvalue weighted by Crippen LogP contribution is 2.06. The zero-order valence-electron chi connectivity index (χ0n) is 23.1. The van der Waals surface area contributed by atoms with E-state index in [9.17, 15) is 24.3 Å². The summed E-state index contributed by atoms with van der Waals surface area (Å²) in [5, 5.41) is 19.7. The highest BCUT2D eigenvalue weighted by atomic mass is 16.5. The van der Waals surface area contributed by atoms with Crippen LogP contribution in [0.5, 0.6) is 0 Å². The molecule has 3 N–H and O–H groups in total. The fourth-order valence-electron chi connectivity index (χ4n) is 3.88. The van der Waals surface area contributed by atoms with Crippen molar-refractivity contribution in [1.82, 2.24) is 20.9 Å². The SMILES string of the molecule is O=C(CCCCC(=O)NCCCCN(Cc1ccccc1)C(=O)[O-])NCCCCNC(=O)OCc1ccccc1. The minimum Gasteiger partial charge on any atom is -0.530 e. The highest BCUT2D eigenvalue weighted by Gasteiger charge is 2.07. The molecular formula is C30H41N4O6-. The second-order valence-corrected chi connectivity index (χ2v) is 9.48. The maximum absolute atomic E-state index is 12.0. The van der Waals surface area contributed by atoms with E-state index in [4.69, 9.17) is 4.74 Å². The number of carbonyl (C=O) groups is 4. The van der Waals surface area contributed by atoms with E-state index in [2.05, 4.69) is 16.0 Å². The molecule has 0 atom stereocenters. The van der Waals surface area contributed by atoms with Crippen molar-refractivity contribution in [3.05, 3.63) is 71.8 Å². The maximum atomic E-state index is 12.0. The van der Waals surface area contributed by atoms with Gasteiger partial charge in [0.05, 0.1) is 0 Å². The summed E-state index contributed by atoms with van der Waals surface area (Å²) in [5.74, 6) is -0.125. The quantitative estimate of drug-likeness (QED) is 0.228. The van der Waals surface area contributed by atoms with Crippen molar-refractivity contribution in [2.45, 2.75) is 64.5 Å². The van der Waals surface area contributed by atoms with Gasteiger partial charge in [-0.2, -0.15) is 0 Å². The molecule has 0 aliphatic heterocycles. The summed E-state index contributed by atoms with van der Waals surface area (Å²) in [5.41, 5.74) is 1.83. The number of hydrogen-bond acceptors (Lipinski definition) is 6. The molecule has 40 heavy (non-hydrogen) atoms. The van der Waals surface area contributed by atoms with Crippen molar-refractivity contribution in [3.8, 4) is 0 Å². The van der Waals surface area contributed by atoms with Gasteiger partial charge in [-0.05, 0) is 49.7 Å². The lowest BCUT2D eigenvalue weighted by Crippen LogP contribution is -2.41. The van der Waals surface area contributed by atoms with Crippen molar-refractivity contribution >= 4 is 24.0 Å². The third-order valence-corrected chi connectivity index (χ3v) is 6.12. The lowest BCUT2D eigenvalue weighted by Gasteiger charge is -2.25. The number of ether oxygens (including phenoxy) is 1. The van der Waals surface area contributed by atoms with Crippen LogP contribution >= 0.6 is 0 Å². The second kappa shape index (κ2) is 19.9. The summed E-state index contributed by atoms with van der Waals surface area (Å²) in [6, 6.07) is 18.8. The van der Waals surface area contributed by atoms with Crippen molar-refractivity contribution in [2.75, 3.05) is 26.2 Å². The van der Waals surface area contributed by atoms with Crippen LogP contribution in [0.25, 0.3) is 0 Å². The molecule has 0 heterocycles. The first kappa shape index (κ1) is 32.1. The van der Waals surface area contributed by atoms with E-state index in [0.717, 1.165) is 24.0 Å². The number of alkyl carbamates (subject to hydrolysis) is 1. The number of nitrogens with zero attached hydrogens (tertiary/aromatic N) is 1. The molecule has 0 fully saturated rings. The second-order valence-electron chi connectivity index (χ2n) is 9.48. The number of hydrogen-bond donors (Lipinski definition) is 3. The zero-order chi connectivity index (χ0) is 28.8. The fraction of sp³-hybridized carbons (Fsp3) is 0.467. The lowest BCUT2D eigenvalue weighted by molar-refractivity contribution is -0.266. The monoisotopic (exact) mass is 553 g/mol. The molecule has 0 bridgehead atoms. The van der Waals surface area contributed by atoms with E-state index in [0.29, 0.717) is 64.7 Å². The number of benzene rings is 2. The number of nitrogens with one attached hydrogen (secondary N) is 3. The average molecular weight is 554 g/mol. The fourth-order valence-corrected chi connectivity index (χ4v) is 3.88. The van der Waals surface area contributed by atoms with E-state index in [-0.39, 0.29) is 25.0 Å². The Morgan fingerprint density at radius 1 is 0.650 bits per heavy atom. The number of carboxylic acid groups (broad SMARTS) is 1. The molecule has 0 radical (unpaired) electrons. The van der Waals surface area contributed by atoms with Gasteiger partial charge < -0.3 is 35.5 Å². The minimum absolute atomic E-state index is 0.0522. The molecule has 10 nitrogen and oxygen atoms in total. The van der Waals surface area contributed by atoms with Gasteiger partial charge in [-0.15, -0.1) is 0 Å². The van der Waals surface area contributed by atoms with Gasteiger partial charge in [0.2, 0.25) is 11.8 Å². The molecule has 0 saturated heterocycles. The average Bonchev–Trinajstić information content (AvgIpc) is 2.96. The summed E-state index contributed by atoms with van der Waals surface area (Å²) in [6.07, 6.45) is 3.02. The van der Waals surface area contributed by atoms with Gasteiger partial charge in [0.25, 0.3) is 0 Å². The first-order chi connectivity index (χ1) is 19.4. The summed E-state index contributed by atoms with van der Waals surface area (Å²) in [7, 11) is 0. The van der Waals surface area contributed by atoms with Gasteiger partial charge in [0.1, 0.15) is 12.7 Å². The Labute approximate surface area is 236 Å². The molecule has 0 unspecified atom stereocenters. The van der Waals surface area contributed by atoms with E-state index in [1.54, 1.807) is 0 Å². The molecular weight excluding hydrogens is 512 g/mol. The summed E-state index contributed by atoms with van der Waals surface area (Å²) in [4.78, 5) is 48.3. The molecule has 2 aromatic carbocycles. The van der Waals surface area contributed by atoms with Gasteiger partial charge in [-0.3, -0.25) is 9.59 Å². The molecule has 0 spiro atoms. The van der Waals surface area contributed by atoms with Crippen molar-refractivity contribution in [1.29, 1.82) is 0 Å². The molecule has 10 heteroatoms. The van der Waals surface area contributed by atoms with Gasteiger partial charge in [0.15, 0.2) is 0 Å². The van der Waals surface area contributed by atoms with Crippen molar-refractivity contribution in [2.24, 2.45) is 0 Å². The minimum atomic E-state index is -1.20. The Morgan fingerprint density at radius 2 is 1.15 bits per heavy atom. The molecule has 218 valence electrons. The third-order valence-electron chi connectivity index (χ3n) is 6.12. The first-order valence-electron chi connectivity index (χ1n) is 13.9. The molecule has 0 aliphatic carbocycles. The Kier molecular flexibility index (Phi) is 16.0. The summed E-state index contributed by atoms with van der Waals surface area (Å²) >= 11 is 0. The Hall–Kier alpha value is -4.08. The number of amides is 4. The van der Waals surface area contributed by atoms with Crippen LogP contribution in [-0.2, 0) is 27.5 Å². The number of carbonyl (C=O) groups excluding carboxylic acids is 4. The zero-order valence-corrected chi connectivity index (χ0v) is 23.1. The molecule has 0 saturated carbocycles. The van der Waals surface area contributed by atoms with Crippen LogP contribution in [-0.4, -0.2) is 55.1 Å². The molecule has 0 aliphatic rings. The van der Waals surface area contributed by atoms with Gasteiger partial charge in [0, 0.05) is 45.6 Å². The molecule has 4 amide bonds. The van der Waals surface area contributed by atoms with Crippen molar-refractivity contribution in [3.63, 3.8) is 0 Å². The predicted octanol–water partition coefficient (Wildman–Crippen LogP) is 3.11. The topological polar surface area (TPSA) is 140 Å². The van der Waals surface area contributed by atoms with Crippen LogP contribution in [0.15, 0.2) is 60.7 Å². The normalized spacial score (nSPS) is 10.4. The van der Waals surface area contributed by atoms with Crippen LogP contribution in [0, 0.1) is 0 Å². The predicted molar refractivity (Wildman–Crippen MR) is 150 cm³/mol. The van der Waals surface area contributed by atoms with Crippen LogP contribution in [0.1, 0.15) is 62.5 Å². The Balaban J connectivity index is 1.39. The van der Waals surface area contributed by atoms with Crippen LogP contribution in [0.3, 0.4) is 0 Å². The Bertz CT molecular complexity index is 1020. The lowest BCUT2D eigenvalue weighted by atomic mass is 10.1. The first-order valence-corrected chi connectivity index (χ1v) is 13.9. The largest absolute Gasteiger partial charge is 0.530 e. The number of rotatable bonds is 19. The van der Waals surface area contributed by atoms with E-state index < -0.39 is 12.2 Å². The highest BCUT2D eigenvalue weighted by molar-refractivity contribution is 5.77. The number of unbranched alkanes of at least 4 members (excludes halogenated alkanes) is 3. The van der Waals surface area contributed by atoms with Gasteiger partial charge in [-0.1, -0.05) is 60.7 Å². The van der Waals surface area contributed by atoms with Gasteiger partial charge >= 0.3 is 6.09 Å². The third kappa shape index (κ3) is 15.4. The smallest absolute Gasteiger partial charge is 0.407 e. The Morgan fingerprint density at radius 3 is 1.70 bits per heavy atom. The van der Waals surface area contributed by atoms with Crippen LogP contribution in [0.4, 0.5) is 9.59 Å². The van der Waals surface area contributed by atoms with Crippen LogP contribution < -0.4 is 21.1 Å². The maximum Gasteiger partial charge on any atom is 0.407 e.